The van der Waals surface area contributed by atoms with Crippen molar-refractivity contribution in [1.29, 1.82) is 0 Å². The minimum Gasteiger partial charge on any atom is -0.493 e. The Balaban J connectivity index is 1.53. The van der Waals surface area contributed by atoms with Gasteiger partial charge < -0.3 is 14.8 Å². The zero-order chi connectivity index (χ0) is 19.2. The van der Waals surface area contributed by atoms with Crippen LogP contribution in [0.15, 0.2) is 53.4 Å². The van der Waals surface area contributed by atoms with E-state index >= 15 is 0 Å². The van der Waals surface area contributed by atoms with Gasteiger partial charge in [-0.3, -0.25) is 4.79 Å². The normalized spacial score (nSPS) is 15.3. The molecule has 0 radical (unpaired) electrons. The maximum atomic E-state index is 11.7. The molecule has 3 rings (SSSR count). The van der Waals surface area contributed by atoms with Crippen LogP contribution in [0.5, 0.6) is 11.5 Å². The first kappa shape index (κ1) is 19.5. The summed E-state index contributed by atoms with van der Waals surface area (Å²) in [6.07, 6.45) is 1.82. The van der Waals surface area contributed by atoms with Gasteiger partial charge in [-0.25, -0.2) is 0 Å². The van der Waals surface area contributed by atoms with E-state index in [1.54, 1.807) is 0 Å². The second-order valence-electron chi connectivity index (χ2n) is 6.56. The molecule has 2 aromatic rings. The second kappa shape index (κ2) is 9.06. The molecule has 1 fully saturated rings. The Bertz CT molecular complexity index is 843. The minimum absolute atomic E-state index is 0.147. The number of carbonyl (C=O) groups is 1. The molecule has 27 heavy (non-hydrogen) atoms. The summed E-state index contributed by atoms with van der Waals surface area (Å²) in [5.74, 6) is 2.01. The van der Waals surface area contributed by atoms with Crippen molar-refractivity contribution >= 4 is 40.3 Å². The standard InChI is InChI=1S/C21H21NO3S2/c1-14(2)12-24-17-9-5-16(6-10-17)13-25-18-7-3-15(4-8-18)11-19-20(23)22-21(26)27-19/h3-11,14H,12-13H2,1-2H3,(H,22,23,26). The van der Waals surface area contributed by atoms with Gasteiger partial charge >= 0.3 is 0 Å². The van der Waals surface area contributed by atoms with Crippen molar-refractivity contribution in [1.82, 2.24) is 5.32 Å². The van der Waals surface area contributed by atoms with E-state index < -0.39 is 0 Å². The molecule has 1 heterocycles. The fraction of sp³-hybridized carbons (Fsp3) is 0.238. The summed E-state index contributed by atoms with van der Waals surface area (Å²) in [7, 11) is 0. The number of hydrogen-bond donors (Lipinski definition) is 1. The van der Waals surface area contributed by atoms with Crippen LogP contribution in [-0.2, 0) is 11.4 Å². The first-order valence-corrected chi connectivity index (χ1v) is 9.91. The van der Waals surface area contributed by atoms with E-state index in [2.05, 4.69) is 19.2 Å². The van der Waals surface area contributed by atoms with E-state index in [0.717, 1.165) is 22.6 Å². The van der Waals surface area contributed by atoms with Crippen molar-refractivity contribution in [3.8, 4) is 11.5 Å². The number of rotatable bonds is 7. The molecule has 0 atom stereocenters. The molecule has 1 aliphatic heterocycles. The topological polar surface area (TPSA) is 47.6 Å². The highest BCUT2D eigenvalue weighted by Gasteiger charge is 2.21. The Morgan fingerprint density at radius 3 is 2.26 bits per heavy atom. The highest BCUT2D eigenvalue weighted by atomic mass is 32.2. The van der Waals surface area contributed by atoms with E-state index in [4.69, 9.17) is 21.7 Å². The zero-order valence-corrected chi connectivity index (χ0v) is 16.9. The fourth-order valence-electron chi connectivity index (χ4n) is 2.34. The van der Waals surface area contributed by atoms with Crippen LogP contribution >= 0.6 is 24.0 Å². The van der Waals surface area contributed by atoms with Crippen LogP contribution in [0.1, 0.15) is 25.0 Å². The molecule has 0 unspecified atom stereocenters. The van der Waals surface area contributed by atoms with Crippen LogP contribution in [0, 0.1) is 5.92 Å². The lowest BCUT2D eigenvalue weighted by Gasteiger charge is -2.10. The molecule has 1 aliphatic rings. The summed E-state index contributed by atoms with van der Waals surface area (Å²) in [6, 6.07) is 15.6. The van der Waals surface area contributed by atoms with E-state index in [9.17, 15) is 4.79 Å². The van der Waals surface area contributed by atoms with Gasteiger partial charge in [-0.2, -0.15) is 0 Å². The van der Waals surface area contributed by atoms with Crippen molar-refractivity contribution in [2.24, 2.45) is 5.92 Å². The molecule has 0 bridgehead atoms. The smallest absolute Gasteiger partial charge is 0.263 e. The van der Waals surface area contributed by atoms with Gasteiger partial charge in [0, 0.05) is 0 Å². The molecule has 140 valence electrons. The number of thiocarbonyl (C=S) groups is 1. The molecule has 0 saturated carbocycles. The maximum absolute atomic E-state index is 11.7. The number of benzene rings is 2. The summed E-state index contributed by atoms with van der Waals surface area (Å²) in [5.41, 5.74) is 2.00. The van der Waals surface area contributed by atoms with Gasteiger partial charge in [-0.15, -0.1) is 0 Å². The molecule has 0 aliphatic carbocycles. The van der Waals surface area contributed by atoms with Crippen LogP contribution in [0.3, 0.4) is 0 Å². The monoisotopic (exact) mass is 399 g/mol. The lowest BCUT2D eigenvalue weighted by atomic mass is 10.2. The maximum Gasteiger partial charge on any atom is 0.263 e. The van der Waals surface area contributed by atoms with Gasteiger partial charge in [0.1, 0.15) is 22.4 Å². The summed E-state index contributed by atoms with van der Waals surface area (Å²) >= 11 is 6.26. The third kappa shape index (κ3) is 5.84. The van der Waals surface area contributed by atoms with Crippen molar-refractivity contribution in [2.75, 3.05) is 6.61 Å². The molecule has 2 aromatic carbocycles. The van der Waals surface area contributed by atoms with E-state index in [1.807, 2.05) is 54.6 Å². The molecule has 4 nitrogen and oxygen atoms in total. The number of nitrogens with one attached hydrogen (secondary N) is 1. The Morgan fingerprint density at radius 2 is 1.67 bits per heavy atom. The van der Waals surface area contributed by atoms with E-state index in [1.165, 1.54) is 11.8 Å². The first-order chi connectivity index (χ1) is 13.0. The van der Waals surface area contributed by atoms with Crippen LogP contribution in [-0.4, -0.2) is 16.8 Å². The molecule has 6 heteroatoms. The number of hydrogen-bond acceptors (Lipinski definition) is 5. The predicted molar refractivity (Wildman–Crippen MR) is 114 cm³/mol. The quantitative estimate of drug-likeness (QED) is 0.536. The molecule has 1 N–H and O–H groups in total. The van der Waals surface area contributed by atoms with E-state index in [0.29, 0.717) is 28.4 Å². The van der Waals surface area contributed by atoms with Crippen molar-refractivity contribution < 1.29 is 14.3 Å². The molecular formula is C21H21NO3S2. The van der Waals surface area contributed by atoms with Gasteiger partial charge in [0.15, 0.2) is 0 Å². The summed E-state index contributed by atoms with van der Waals surface area (Å²) in [6.45, 7) is 5.45. The van der Waals surface area contributed by atoms with Gasteiger partial charge in [-0.05, 0) is 47.4 Å². The molecule has 1 saturated heterocycles. The first-order valence-electron chi connectivity index (χ1n) is 8.69. The number of amides is 1. The minimum atomic E-state index is -0.147. The number of carbonyl (C=O) groups excluding carboxylic acids is 1. The molecular weight excluding hydrogens is 378 g/mol. The van der Waals surface area contributed by atoms with Gasteiger partial charge in [0.25, 0.3) is 5.91 Å². The largest absolute Gasteiger partial charge is 0.493 e. The third-order valence-corrected chi connectivity index (χ3v) is 4.89. The fourth-order valence-corrected chi connectivity index (χ4v) is 3.39. The predicted octanol–water partition coefficient (Wildman–Crippen LogP) is 4.79. The second-order valence-corrected chi connectivity index (χ2v) is 8.28. The lowest BCUT2D eigenvalue weighted by molar-refractivity contribution is -0.115. The van der Waals surface area contributed by atoms with Gasteiger partial charge in [0.2, 0.25) is 0 Å². The SMILES string of the molecule is CC(C)COc1ccc(COc2ccc(C=C3SC(=S)NC3=O)cc2)cc1. The summed E-state index contributed by atoms with van der Waals surface area (Å²) in [4.78, 5) is 12.3. The zero-order valence-electron chi connectivity index (χ0n) is 15.2. The summed E-state index contributed by atoms with van der Waals surface area (Å²) in [5, 5.41) is 2.61. The molecule has 0 spiro atoms. The highest BCUT2D eigenvalue weighted by molar-refractivity contribution is 8.26. The van der Waals surface area contributed by atoms with E-state index in [-0.39, 0.29) is 5.91 Å². The number of ether oxygens (including phenoxy) is 2. The Kier molecular flexibility index (Phi) is 6.53. The van der Waals surface area contributed by atoms with Gasteiger partial charge in [-0.1, -0.05) is 62.1 Å². The Morgan fingerprint density at radius 1 is 1.04 bits per heavy atom. The Hall–Kier alpha value is -2.31. The van der Waals surface area contributed by atoms with Crippen LogP contribution < -0.4 is 14.8 Å². The third-order valence-electron chi connectivity index (χ3n) is 3.73. The van der Waals surface area contributed by atoms with Crippen LogP contribution in [0.2, 0.25) is 0 Å². The Labute approximate surface area is 168 Å². The van der Waals surface area contributed by atoms with Crippen molar-refractivity contribution in [3.05, 3.63) is 64.6 Å². The lowest BCUT2D eigenvalue weighted by Crippen LogP contribution is -2.17. The van der Waals surface area contributed by atoms with Crippen molar-refractivity contribution in [3.63, 3.8) is 0 Å². The molecule has 1 amide bonds. The number of thioether (sulfide) groups is 1. The molecule has 0 aromatic heterocycles. The van der Waals surface area contributed by atoms with Gasteiger partial charge in [0.05, 0.1) is 11.5 Å². The van der Waals surface area contributed by atoms with Crippen LogP contribution in [0.4, 0.5) is 0 Å². The highest BCUT2D eigenvalue weighted by Crippen LogP contribution is 2.26. The van der Waals surface area contributed by atoms with Crippen molar-refractivity contribution in [2.45, 2.75) is 20.5 Å². The van der Waals surface area contributed by atoms with Crippen LogP contribution in [0.25, 0.3) is 6.08 Å². The average Bonchev–Trinajstić information content (AvgIpc) is 2.97. The average molecular weight is 400 g/mol. The summed E-state index contributed by atoms with van der Waals surface area (Å²) < 4.78 is 12.0.